The summed E-state index contributed by atoms with van der Waals surface area (Å²) < 4.78 is 11.1. The first-order valence-corrected chi connectivity index (χ1v) is 10.3. The monoisotopic (exact) mass is 421 g/mol. The second-order valence-electron chi connectivity index (χ2n) is 7.02. The van der Waals surface area contributed by atoms with Crippen molar-refractivity contribution < 1.29 is 14.3 Å². The summed E-state index contributed by atoms with van der Waals surface area (Å²) in [7, 11) is 0. The standard InChI is InChI=1S/C22H25Cl2NO3/c1-3-28-18-6-4-5-16(13-18)15(2)25-21(26)22(9-11-27-12-10-22)19-8-7-17(23)14-20(19)24/h4-8,13-15H,3,9-12H2,1-2H3,(H,25,26). The van der Waals surface area contributed by atoms with Crippen molar-refractivity contribution in [1.29, 1.82) is 0 Å². The topological polar surface area (TPSA) is 47.6 Å². The highest BCUT2D eigenvalue weighted by Crippen LogP contribution is 2.40. The zero-order chi connectivity index (χ0) is 20.1. The molecule has 28 heavy (non-hydrogen) atoms. The van der Waals surface area contributed by atoms with E-state index in [4.69, 9.17) is 32.7 Å². The Morgan fingerprint density at radius 2 is 1.96 bits per heavy atom. The highest BCUT2D eigenvalue weighted by molar-refractivity contribution is 6.35. The lowest BCUT2D eigenvalue weighted by atomic mass is 9.73. The molecular weight excluding hydrogens is 397 g/mol. The Balaban J connectivity index is 1.87. The molecule has 1 amide bonds. The number of ether oxygens (including phenoxy) is 2. The normalized spacial score (nSPS) is 17.0. The lowest BCUT2D eigenvalue weighted by Gasteiger charge is -2.37. The first-order valence-electron chi connectivity index (χ1n) is 9.53. The summed E-state index contributed by atoms with van der Waals surface area (Å²) >= 11 is 12.5. The average molecular weight is 422 g/mol. The van der Waals surface area contributed by atoms with Gasteiger partial charge in [0.1, 0.15) is 5.75 Å². The van der Waals surface area contributed by atoms with Crippen LogP contribution in [0.25, 0.3) is 0 Å². The minimum absolute atomic E-state index is 0.0469. The summed E-state index contributed by atoms with van der Waals surface area (Å²) in [6.07, 6.45) is 1.15. The number of carbonyl (C=O) groups excluding carboxylic acids is 1. The summed E-state index contributed by atoms with van der Waals surface area (Å²) in [5.41, 5.74) is 1.06. The number of carbonyl (C=O) groups is 1. The van der Waals surface area contributed by atoms with E-state index in [1.54, 1.807) is 12.1 Å². The van der Waals surface area contributed by atoms with Crippen molar-refractivity contribution in [3.8, 4) is 5.75 Å². The van der Waals surface area contributed by atoms with Gasteiger partial charge in [-0.05, 0) is 62.1 Å². The van der Waals surface area contributed by atoms with Gasteiger partial charge < -0.3 is 14.8 Å². The van der Waals surface area contributed by atoms with E-state index in [0.29, 0.717) is 42.7 Å². The summed E-state index contributed by atoms with van der Waals surface area (Å²) in [5.74, 6) is 0.747. The van der Waals surface area contributed by atoms with Gasteiger partial charge in [-0.25, -0.2) is 0 Å². The Hall–Kier alpha value is -1.75. The van der Waals surface area contributed by atoms with Crippen molar-refractivity contribution in [2.45, 2.75) is 38.1 Å². The first kappa shape index (κ1) is 21.0. The lowest BCUT2D eigenvalue weighted by Crippen LogP contribution is -2.48. The third-order valence-electron chi connectivity index (χ3n) is 5.24. The van der Waals surface area contributed by atoms with Crippen LogP contribution >= 0.6 is 23.2 Å². The molecule has 0 radical (unpaired) electrons. The van der Waals surface area contributed by atoms with Crippen molar-refractivity contribution in [2.24, 2.45) is 0 Å². The van der Waals surface area contributed by atoms with Crippen molar-refractivity contribution in [2.75, 3.05) is 19.8 Å². The van der Waals surface area contributed by atoms with E-state index in [9.17, 15) is 4.79 Å². The number of hydrogen-bond acceptors (Lipinski definition) is 3. The summed E-state index contributed by atoms with van der Waals surface area (Å²) in [6.45, 7) is 5.55. The van der Waals surface area contributed by atoms with Crippen LogP contribution in [-0.4, -0.2) is 25.7 Å². The van der Waals surface area contributed by atoms with E-state index in [-0.39, 0.29) is 11.9 Å². The molecule has 1 saturated heterocycles. The third-order valence-corrected chi connectivity index (χ3v) is 5.79. The van der Waals surface area contributed by atoms with Gasteiger partial charge in [0.15, 0.2) is 0 Å². The van der Waals surface area contributed by atoms with E-state index >= 15 is 0 Å². The van der Waals surface area contributed by atoms with Crippen LogP contribution in [0.15, 0.2) is 42.5 Å². The number of hydrogen-bond donors (Lipinski definition) is 1. The molecule has 0 aromatic heterocycles. The van der Waals surface area contributed by atoms with Crippen LogP contribution in [0.4, 0.5) is 0 Å². The van der Waals surface area contributed by atoms with Gasteiger partial charge in [-0.2, -0.15) is 0 Å². The van der Waals surface area contributed by atoms with Gasteiger partial charge in [-0.3, -0.25) is 4.79 Å². The highest BCUT2D eigenvalue weighted by atomic mass is 35.5. The fraction of sp³-hybridized carbons (Fsp3) is 0.409. The Kier molecular flexibility index (Phi) is 6.86. The Bertz CT molecular complexity index is 834. The molecule has 1 fully saturated rings. The maximum absolute atomic E-state index is 13.5. The van der Waals surface area contributed by atoms with E-state index in [1.807, 2.05) is 44.2 Å². The maximum atomic E-state index is 13.5. The van der Waals surface area contributed by atoms with Crippen molar-refractivity contribution in [1.82, 2.24) is 5.32 Å². The second kappa shape index (κ2) is 9.17. The SMILES string of the molecule is CCOc1cccc(C(C)NC(=O)C2(c3ccc(Cl)cc3Cl)CCOCC2)c1. The van der Waals surface area contributed by atoms with E-state index in [0.717, 1.165) is 16.9 Å². The average Bonchev–Trinajstić information content (AvgIpc) is 2.69. The van der Waals surface area contributed by atoms with Crippen LogP contribution in [0.2, 0.25) is 10.0 Å². The predicted octanol–water partition coefficient (Wildman–Crippen LogP) is 5.32. The molecule has 0 saturated carbocycles. The highest BCUT2D eigenvalue weighted by Gasteiger charge is 2.43. The zero-order valence-electron chi connectivity index (χ0n) is 16.1. The molecule has 0 bridgehead atoms. The summed E-state index contributed by atoms with van der Waals surface area (Å²) in [4.78, 5) is 13.5. The molecule has 2 aromatic carbocycles. The van der Waals surface area contributed by atoms with Gasteiger partial charge in [0.2, 0.25) is 5.91 Å². The molecule has 6 heteroatoms. The molecule has 1 N–H and O–H groups in total. The van der Waals surface area contributed by atoms with E-state index < -0.39 is 5.41 Å². The number of amides is 1. The van der Waals surface area contributed by atoms with Crippen LogP contribution in [0.5, 0.6) is 5.75 Å². The third kappa shape index (κ3) is 4.45. The minimum atomic E-state index is -0.730. The molecule has 1 aliphatic heterocycles. The molecule has 150 valence electrons. The quantitative estimate of drug-likeness (QED) is 0.686. The van der Waals surface area contributed by atoms with Gasteiger partial charge >= 0.3 is 0 Å². The van der Waals surface area contributed by atoms with Gasteiger partial charge in [-0.15, -0.1) is 0 Å². The van der Waals surface area contributed by atoms with Crippen LogP contribution in [0.1, 0.15) is 43.9 Å². The number of nitrogens with one attached hydrogen (secondary N) is 1. The smallest absolute Gasteiger partial charge is 0.231 e. The molecule has 1 heterocycles. The van der Waals surface area contributed by atoms with Gasteiger partial charge in [0.05, 0.1) is 18.1 Å². The van der Waals surface area contributed by atoms with Crippen LogP contribution in [-0.2, 0) is 14.9 Å². The molecule has 0 spiro atoms. The molecule has 1 aliphatic rings. The van der Waals surface area contributed by atoms with E-state index in [1.165, 1.54) is 0 Å². The number of halogens is 2. The minimum Gasteiger partial charge on any atom is -0.494 e. The van der Waals surface area contributed by atoms with Crippen molar-refractivity contribution in [3.63, 3.8) is 0 Å². The lowest BCUT2D eigenvalue weighted by molar-refractivity contribution is -0.131. The molecule has 1 atom stereocenters. The van der Waals surface area contributed by atoms with Crippen molar-refractivity contribution >= 4 is 29.1 Å². The first-order chi connectivity index (χ1) is 13.5. The fourth-order valence-corrected chi connectivity index (χ4v) is 4.26. The van der Waals surface area contributed by atoms with Gasteiger partial charge in [0.25, 0.3) is 0 Å². The molecule has 0 aliphatic carbocycles. The van der Waals surface area contributed by atoms with Crippen LogP contribution < -0.4 is 10.1 Å². The maximum Gasteiger partial charge on any atom is 0.231 e. The predicted molar refractivity (Wildman–Crippen MR) is 112 cm³/mol. The molecule has 1 unspecified atom stereocenters. The van der Waals surface area contributed by atoms with Gasteiger partial charge in [0, 0.05) is 23.3 Å². The zero-order valence-corrected chi connectivity index (χ0v) is 17.6. The number of rotatable bonds is 6. The fourth-order valence-electron chi connectivity index (χ4n) is 3.67. The Labute approximate surface area is 176 Å². The largest absolute Gasteiger partial charge is 0.494 e. The Morgan fingerprint density at radius 1 is 1.21 bits per heavy atom. The van der Waals surface area contributed by atoms with Gasteiger partial charge in [-0.1, -0.05) is 41.4 Å². The molecule has 3 rings (SSSR count). The molecule has 4 nitrogen and oxygen atoms in total. The summed E-state index contributed by atoms with van der Waals surface area (Å²) in [6, 6.07) is 13.0. The van der Waals surface area contributed by atoms with E-state index in [2.05, 4.69) is 5.32 Å². The van der Waals surface area contributed by atoms with Crippen LogP contribution in [0, 0.1) is 0 Å². The molecular formula is C22H25Cl2NO3. The van der Waals surface area contributed by atoms with Crippen LogP contribution in [0.3, 0.4) is 0 Å². The number of benzene rings is 2. The summed E-state index contributed by atoms with van der Waals surface area (Å²) in [5, 5.41) is 4.24. The Morgan fingerprint density at radius 3 is 2.64 bits per heavy atom. The van der Waals surface area contributed by atoms with Crippen molar-refractivity contribution in [3.05, 3.63) is 63.6 Å². The molecule has 2 aromatic rings. The second-order valence-corrected chi connectivity index (χ2v) is 7.86.